The molecule has 0 saturated carbocycles. The van der Waals surface area contributed by atoms with Gasteiger partial charge in [-0.2, -0.15) is 0 Å². The van der Waals surface area contributed by atoms with Crippen molar-refractivity contribution < 1.29 is 17.6 Å². The summed E-state index contributed by atoms with van der Waals surface area (Å²) in [6.45, 7) is 25.7. The first-order valence-corrected chi connectivity index (χ1v) is 11.2. The van der Waals surface area contributed by atoms with Crippen molar-refractivity contribution in [2.24, 2.45) is 27.1 Å². The van der Waals surface area contributed by atoms with Crippen LogP contribution in [0, 0.1) is 27.1 Å². The molecule has 1 unspecified atom stereocenters. The molecule has 0 saturated heterocycles. The maximum Gasteiger partial charge on any atom is 0.261 e. The highest BCUT2D eigenvalue weighted by molar-refractivity contribution is 5.21. The van der Waals surface area contributed by atoms with Crippen LogP contribution in [0.3, 0.4) is 0 Å². The third-order valence-corrected chi connectivity index (χ3v) is 9.96. The van der Waals surface area contributed by atoms with Crippen molar-refractivity contribution in [1.29, 1.82) is 0 Å². The Kier molecular flexibility index (Phi) is 7.66. The lowest BCUT2D eigenvalue weighted by atomic mass is 9.45. The molecule has 0 aromatic rings. The first-order chi connectivity index (χ1) is 12.7. The van der Waals surface area contributed by atoms with Gasteiger partial charge >= 0.3 is 0 Å². The number of hydrogen-bond donors (Lipinski definition) is 0. The van der Waals surface area contributed by atoms with Crippen molar-refractivity contribution in [1.82, 2.24) is 0 Å². The molecule has 0 aliphatic carbocycles. The van der Waals surface area contributed by atoms with Crippen LogP contribution in [0.5, 0.6) is 0 Å². The lowest BCUT2D eigenvalue weighted by Gasteiger charge is -2.62. The summed E-state index contributed by atoms with van der Waals surface area (Å²) in [4.78, 5) is 0. The van der Waals surface area contributed by atoms with Crippen molar-refractivity contribution >= 4 is 0 Å². The highest BCUT2D eigenvalue weighted by Crippen LogP contribution is 2.68. The predicted octanol–water partition coefficient (Wildman–Crippen LogP) is 9.59. The van der Waals surface area contributed by atoms with Crippen LogP contribution >= 0.6 is 0 Å². The van der Waals surface area contributed by atoms with Crippen LogP contribution < -0.4 is 0 Å². The molecule has 0 radical (unpaired) electrons. The van der Waals surface area contributed by atoms with Gasteiger partial charge < -0.3 is 0 Å². The second kappa shape index (κ2) is 7.80. The molecule has 30 heavy (non-hydrogen) atoms. The first-order valence-electron chi connectivity index (χ1n) is 11.2. The standard InChI is InChI=1S/C26H48F4/c1-16-17-18(2)19(3,4)20(5,6)21(7,8)26(29,30)23(11,12)25(15,28)22(9,10)24(13,14)27/h2,16-17H2,1,3-15H3. The zero-order chi connectivity index (χ0) is 25.0. The Balaban J connectivity index is 6.73. The van der Waals surface area contributed by atoms with Crippen LogP contribution in [0.25, 0.3) is 0 Å². The molecule has 0 fully saturated rings. The smallest absolute Gasteiger partial charge is 0.244 e. The molecule has 0 aromatic heterocycles. The molecule has 180 valence electrons. The summed E-state index contributed by atoms with van der Waals surface area (Å²) in [6.07, 6.45) is 1.62. The van der Waals surface area contributed by atoms with E-state index >= 15 is 13.2 Å². The van der Waals surface area contributed by atoms with Gasteiger partial charge in [0.1, 0.15) is 11.3 Å². The SMILES string of the molecule is C=C(CCC)C(C)(C)C(C)(C)C(C)(C)C(F)(F)C(C)(C)C(C)(F)C(C)(C)C(C)(C)F. The van der Waals surface area contributed by atoms with Crippen molar-refractivity contribution in [3.63, 3.8) is 0 Å². The van der Waals surface area contributed by atoms with E-state index in [0.29, 0.717) is 0 Å². The van der Waals surface area contributed by atoms with Gasteiger partial charge in [0.05, 0.1) is 5.41 Å². The largest absolute Gasteiger partial charge is 0.261 e. The molecule has 0 nitrogen and oxygen atoms in total. The Morgan fingerprint density at radius 3 is 1.27 bits per heavy atom. The Bertz CT molecular complexity index is 626. The molecule has 0 heterocycles. The van der Waals surface area contributed by atoms with Gasteiger partial charge in [-0.3, -0.25) is 0 Å². The van der Waals surface area contributed by atoms with Gasteiger partial charge in [0.25, 0.3) is 5.92 Å². The maximum absolute atomic E-state index is 16.5. The number of allylic oxidation sites excluding steroid dienone is 1. The van der Waals surface area contributed by atoms with Gasteiger partial charge in [-0.1, -0.05) is 94.7 Å². The van der Waals surface area contributed by atoms with Crippen molar-refractivity contribution in [2.45, 2.75) is 127 Å². The Hall–Kier alpha value is -0.540. The molecule has 0 aromatic carbocycles. The Labute approximate surface area is 184 Å². The van der Waals surface area contributed by atoms with E-state index in [1.165, 1.54) is 55.4 Å². The minimum Gasteiger partial charge on any atom is -0.244 e. The molecule has 1 atom stereocenters. The minimum absolute atomic E-state index is 0.617. The zero-order valence-electron chi connectivity index (χ0n) is 22.1. The molecular weight excluding hydrogens is 388 g/mol. The summed E-state index contributed by atoms with van der Waals surface area (Å²) >= 11 is 0. The van der Waals surface area contributed by atoms with Gasteiger partial charge in [0.2, 0.25) is 0 Å². The second-order valence-electron chi connectivity index (χ2n) is 12.5. The van der Waals surface area contributed by atoms with Crippen LogP contribution in [0.4, 0.5) is 17.6 Å². The lowest BCUT2D eigenvalue weighted by Crippen LogP contribution is -2.68. The third kappa shape index (κ3) is 3.76. The zero-order valence-corrected chi connectivity index (χ0v) is 22.1. The fraction of sp³-hybridized carbons (Fsp3) is 0.923. The van der Waals surface area contributed by atoms with Crippen LogP contribution in [-0.4, -0.2) is 17.3 Å². The molecule has 0 aliphatic heterocycles. The van der Waals surface area contributed by atoms with Gasteiger partial charge in [0, 0.05) is 10.8 Å². The molecule has 4 heteroatoms. The molecule has 0 rings (SSSR count). The fourth-order valence-corrected chi connectivity index (χ4v) is 4.65. The van der Waals surface area contributed by atoms with E-state index in [1.54, 1.807) is 0 Å². The summed E-state index contributed by atoms with van der Waals surface area (Å²) in [6, 6.07) is 0. The molecular formula is C26H48F4. The highest BCUT2D eigenvalue weighted by atomic mass is 19.3. The van der Waals surface area contributed by atoms with E-state index < -0.39 is 44.3 Å². The normalized spacial score (nSPS) is 17.7. The number of halogens is 4. The van der Waals surface area contributed by atoms with Crippen LogP contribution in [0.1, 0.15) is 110 Å². The molecule has 0 spiro atoms. The van der Waals surface area contributed by atoms with Crippen LogP contribution in [0.15, 0.2) is 12.2 Å². The minimum atomic E-state index is -3.46. The third-order valence-electron chi connectivity index (χ3n) is 9.96. The van der Waals surface area contributed by atoms with Crippen molar-refractivity contribution in [3.8, 4) is 0 Å². The van der Waals surface area contributed by atoms with E-state index in [4.69, 9.17) is 0 Å². The number of rotatable bonds is 10. The maximum atomic E-state index is 16.5. The molecule has 0 bridgehead atoms. The fourth-order valence-electron chi connectivity index (χ4n) is 4.65. The molecule has 0 aliphatic rings. The number of hydrogen-bond acceptors (Lipinski definition) is 0. The van der Waals surface area contributed by atoms with E-state index in [1.807, 2.05) is 34.6 Å². The Morgan fingerprint density at radius 2 is 0.967 bits per heavy atom. The summed E-state index contributed by atoms with van der Waals surface area (Å²) in [5.41, 5.74) is -10.5. The summed E-state index contributed by atoms with van der Waals surface area (Å²) in [5, 5.41) is 0. The van der Waals surface area contributed by atoms with E-state index in [9.17, 15) is 4.39 Å². The highest BCUT2D eigenvalue weighted by Gasteiger charge is 2.73. The quantitative estimate of drug-likeness (QED) is 0.236. The number of alkyl halides is 4. The summed E-state index contributed by atoms with van der Waals surface area (Å²) < 4.78 is 64.3. The Morgan fingerprint density at radius 1 is 0.600 bits per heavy atom. The monoisotopic (exact) mass is 436 g/mol. The predicted molar refractivity (Wildman–Crippen MR) is 123 cm³/mol. The van der Waals surface area contributed by atoms with Crippen molar-refractivity contribution in [2.75, 3.05) is 0 Å². The van der Waals surface area contributed by atoms with Gasteiger partial charge in [-0.15, -0.1) is 0 Å². The second-order valence-corrected chi connectivity index (χ2v) is 12.5. The van der Waals surface area contributed by atoms with Gasteiger partial charge in [0.15, 0.2) is 0 Å². The molecule has 0 N–H and O–H groups in total. The average Bonchev–Trinajstić information content (AvgIpc) is 2.52. The van der Waals surface area contributed by atoms with Crippen molar-refractivity contribution in [3.05, 3.63) is 12.2 Å². The average molecular weight is 437 g/mol. The van der Waals surface area contributed by atoms with Gasteiger partial charge in [-0.25, -0.2) is 17.6 Å². The molecule has 0 amide bonds. The lowest BCUT2D eigenvalue weighted by molar-refractivity contribution is -0.292. The van der Waals surface area contributed by atoms with Crippen LogP contribution in [-0.2, 0) is 0 Å². The first kappa shape index (κ1) is 29.5. The van der Waals surface area contributed by atoms with Crippen LogP contribution in [0.2, 0.25) is 0 Å². The van der Waals surface area contributed by atoms with E-state index in [0.717, 1.165) is 25.3 Å². The summed E-state index contributed by atoms with van der Waals surface area (Å²) in [7, 11) is 0. The topological polar surface area (TPSA) is 0 Å². The summed E-state index contributed by atoms with van der Waals surface area (Å²) in [5.74, 6) is -3.46. The van der Waals surface area contributed by atoms with E-state index in [-0.39, 0.29) is 0 Å². The van der Waals surface area contributed by atoms with Gasteiger partial charge in [-0.05, 0) is 38.0 Å². The van der Waals surface area contributed by atoms with E-state index in [2.05, 4.69) is 6.58 Å².